The number of aryl methyl sites for hydroxylation is 1. The molecule has 2 N–H and O–H groups in total. The predicted molar refractivity (Wildman–Crippen MR) is 91.4 cm³/mol. The lowest BCUT2D eigenvalue weighted by atomic mass is 10.2. The topological polar surface area (TPSA) is 85.2 Å². The SMILES string of the molecule is CCCNC(=O)c1c(NC(=O)c2ccc(OCC)cc2)cnn1C. The summed E-state index contributed by atoms with van der Waals surface area (Å²) in [5.74, 6) is 0.129. The Hall–Kier alpha value is -2.83. The van der Waals surface area contributed by atoms with Gasteiger partial charge in [0.05, 0.1) is 18.5 Å². The molecule has 0 radical (unpaired) electrons. The Labute approximate surface area is 141 Å². The second kappa shape index (κ2) is 8.14. The zero-order chi connectivity index (χ0) is 17.5. The molecular weight excluding hydrogens is 308 g/mol. The highest BCUT2D eigenvalue weighted by Crippen LogP contribution is 2.17. The maximum Gasteiger partial charge on any atom is 0.271 e. The first kappa shape index (κ1) is 17.5. The largest absolute Gasteiger partial charge is 0.494 e. The number of rotatable bonds is 7. The van der Waals surface area contributed by atoms with E-state index >= 15 is 0 Å². The molecule has 7 nitrogen and oxygen atoms in total. The number of amides is 2. The second-order valence-electron chi connectivity index (χ2n) is 5.20. The van der Waals surface area contributed by atoms with Crippen molar-refractivity contribution in [3.63, 3.8) is 0 Å². The van der Waals surface area contributed by atoms with Crippen LogP contribution >= 0.6 is 0 Å². The van der Waals surface area contributed by atoms with Crippen molar-refractivity contribution in [3.8, 4) is 5.75 Å². The van der Waals surface area contributed by atoms with E-state index in [9.17, 15) is 9.59 Å². The van der Waals surface area contributed by atoms with Gasteiger partial charge in [0.25, 0.3) is 11.8 Å². The Balaban J connectivity index is 2.13. The Morgan fingerprint density at radius 2 is 1.88 bits per heavy atom. The number of carbonyl (C=O) groups excluding carboxylic acids is 2. The van der Waals surface area contributed by atoms with Gasteiger partial charge in [-0.25, -0.2) is 0 Å². The van der Waals surface area contributed by atoms with E-state index < -0.39 is 0 Å². The Morgan fingerprint density at radius 1 is 1.17 bits per heavy atom. The number of nitrogens with zero attached hydrogens (tertiary/aromatic N) is 2. The first-order valence-corrected chi connectivity index (χ1v) is 7.91. The molecule has 0 saturated heterocycles. The summed E-state index contributed by atoms with van der Waals surface area (Å²) in [6.07, 6.45) is 2.30. The van der Waals surface area contributed by atoms with Crippen molar-refractivity contribution in [2.45, 2.75) is 20.3 Å². The summed E-state index contributed by atoms with van der Waals surface area (Å²) in [6, 6.07) is 6.81. The summed E-state index contributed by atoms with van der Waals surface area (Å²) >= 11 is 0. The molecule has 0 saturated carbocycles. The zero-order valence-corrected chi connectivity index (χ0v) is 14.1. The molecule has 0 unspecified atom stereocenters. The van der Waals surface area contributed by atoms with Crippen LogP contribution in [0.3, 0.4) is 0 Å². The molecule has 24 heavy (non-hydrogen) atoms. The molecule has 2 rings (SSSR count). The van der Waals surface area contributed by atoms with E-state index in [1.54, 1.807) is 31.3 Å². The number of nitrogens with one attached hydrogen (secondary N) is 2. The van der Waals surface area contributed by atoms with Crippen LogP contribution < -0.4 is 15.4 Å². The molecule has 0 atom stereocenters. The van der Waals surface area contributed by atoms with Crippen LogP contribution in [0.4, 0.5) is 5.69 Å². The number of carbonyl (C=O) groups is 2. The van der Waals surface area contributed by atoms with Gasteiger partial charge in [-0.1, -0.05) is 6.92 Å². The van der Waals surface area contributed by atoms with Crippen LogP contribution in [0.2, 0.25) is 0 Å². The van der Waals surface area contributed by atoms with Gasteiger partial charge in [0.2, 0.25) is 0 Å². The molecular formula is C17H22N4O3. The zero-order valence-electron chi connectivity index (χ0n) is 14.1. The number of benzene rings is 1. The fourth-order valence-electron chi connectivity index (χ4n) is 2.18. The molecule has 1 aromatic carbocycles. The van der Waals surface area contributed by atoms with Crippen molar-refractivity contribution < 1.29 is 14.3 Å². The molecule has 1 aromatic heterocycles. The highest BCUT2D eigenvalue weighted by atomic mass is 16.5. The van der Waals surface area contributed by atoms with Gasteiger partial charge < -0.3 is 15.4 Å². The minimum atomic E-state index is -0.310. The fourth-order valence-corrected chi connectivity index (χ4v) is 2.18. The third-order valence-corrected chi connectivity index (χ3v) is 3.37. The molecule has 0 aliphatic rings. The molecule has 2 aromatic rings. The molecule has 0 aliphatic heterocycles. The molecule has 0 spiro atoms. The standard InChI is InChI=1S/C17H22N4O3/c1-4-10-18-17(23)15-14(11-19-21(15)3)20-16(22)12-6-8-13(9-7-12)24-5-2/h6-9,11H,4-5,10H2,1-3H3,(H,18,23)(H,20,22). The van der Waals surface area contributed by atoms with Gasteiger partial charge in [0, 0.05) is 19.2 Å². The minimum Gasteiger partial charge on any atom is -0.494 e. The van der Waals surface area contributed by atoms with Crippen molar-refractivity contribution in [2.24, 2.45) is 7.05 Å². The van der Waals surface area contributed by atoms with E-state index in [0.29, 0.717) is 35.8 Å². The van der Waals surface area contributed by atoms with Crippen molar-refractivity contribution in [2.75, 3.05) is 18.5 Å². The van der Waals surface area contributed by atoms with Gasteiger partial charge in [-0.3, -0.25) is 14.3 Å². The summed E-state index contributed by atoms with van der Waals surface area (Å²) in [5, 5.41) is 9.57. The average Bonchev–Trinajstić information content (AvgIpc) is 2.94. The molecule has 7 heteroatoms. The first-order valence-electron chi connectivity index (χ1n) is 7.91. The van der Waals surface area contributed by atoms with Crippen LogP contribution in [0.15, 0.2) is 30.5 Å². The summed E-state index contributed by atoms with van der Waals surface area (Å²) in [5.41, 5.74) is 1.18. The average molecular weight is 330 g/mol. The number of anilines is 1. The van der Waals surface area contributed by atoms with Crippen molar-refractivity contribution >= 4 is 17.5 Å². The molecule has 0 bridgehead atoms. The normalized spacial score (nSPS) is 10.3. The van der Waals surface area contributed by atoms with E-state index in [4.69, 9.17) is 4.74 Å². The Morgan fingerprint density at radius 3 is 2.50 bits per heavy atom. The van der Waals surface area contributed by atoms with Gasteiger partial charge in [-0.15, -0.1) is 0 Å². The molecule has 0 fully saturated rings. The lowest BCUT2D eigenvalue weighted by molar-refractivity contribution is 0.0945. The number of hydrogen-bond acceptors (Lipinski definition) is 4. The summed E-state index contributed by atoms with van der Waals surface area (Å²) < 4.78 is 6.80. The smallest absolute Gasteiger partial charge is 0.271 e. The van der Waals surface area contributed by atoms with Gasteiger partial charge in [-0.05, 0) is 37.6 Å². The second-order valence-corrected chi connectivity index (χ2v) is 5.20. The Kier molecular flexibility index (Phi) is 5.95. The molecule has 2 amide bonds. The molecule has 0 aliphatic carbocycles. The highest BCUT2D eigenvalue weighted by Gasteiger charge is 2.18. The van der Waals surface area contributed by atoms with E-state index in [-0.39, 0.29) is 11.8 Å². The van der Waals surface area contributed by atoms with Gasteiger partial charge >= 0.3 is 0 Å². The minimum absolute atomic E-state index is 0.265. The third-order valence-electron chi connectivity index (χ3n) is 3.37. The van der Waals surface area contributed by atoms with Crippen LogP contribution in [-0.2, 0) is 7.05 Å². The van der Waals surface area contributed by atoms with Crippen LogP contribution in [0.5, 0.6) is 5.75 Å². The monoisotopic (exact) mass is 330 g/mol. The first-order chi connectivity index (χ1) is 11.6. The molecule has 128 valence electrons. The van der Waals surface area contributed by atoms with Crippen LogP contribution in [-0.4, -0.2) is 34.7 Å². The van der Waals surface area contributed by atoms with E-state index in [2.05, 4.69) is 15.7 Å². The number of ether oxygens (including phenoxy) is 1. The lowest BCUT2D eigenvalue weighted by Gasteiger charge is -2.09. The Bertz CT molecular complexity index is 707. The van der Waals surface area contributed by atoms with Crippen LogP contribution in [0.25, 0.3) is 0 Å². The molecule has 1 heterocycles. The predicted octanol–water partition coefficient (Wildman–Crippen LogP) is 2.21. The number of aromatic nitrogens is 2. The van der Waals surface area contributed by atoms with Gasteiger partial charge in [-0.2, -0.15) is 5.10 Å². The van der Waals surface area contributed by atoms with Crippen molar-refractivity contribution in [1.82, 2.24) is 15.1 Å². The summed E-state index contributed by atoms with van der Waals surface area (Å²) in [4.78, 5) is 24.6. The summed E-state index contributed by atoms with van der Waals surface area (Å²) in [6.45, 7) is 5.00. The van der Waals surface area contributed by atoms with E-state index in [0.717, 1.165) is 6.42 Å². The van der Waals surface area contributed by atoms with Crippen molar-refractivity contribution in [1.29, 1.82) is 0 Å². The van der Waals surface area contributed by atoms with Crippen LogP contribution in [0.1, 0.15) is 41.1 Å². The fraction of sp³-hybridized carbons (Fsp3) is 0.353. The van der Waals surface area contributed by atoms with Gasteiger partial charge in [0.1, 0.15) is 11.4 Å². The maximum atomic E-state index is 12.4. The maximum absolute atomic E-state index is 12.4. The quantitative estimate of drug-likeness (QED) is 0.815. The number of hydrogen-bond donors (Lipinski definition) is 2. The van der Waals surface area contributed by atoms with Gasteiger partial charge in [0.15, 0.2) is 0 Å². The van der Waals surface area contributed by atoms with E-state index in [1.807, 2.05) is 13.8 Å². The third kappa shape index (κ3) is 4.13. The van der Waals surface area contributed by atoms with E-state index in [1.165, 1.54) is 10.9 Å². The van der Waals surface area contributed by atoms with Crippen LogP contribution in [0, 0.1) is 0 Å². The lowest BCUT2D eigenvalue weighted by Crippen LogP contribution is -2.27. The van der Waals surface area contributed by atoms with Crippen molar-refractivity contribution in [3.05, 3.63) is 41.7 Å². The highest BCUT2D eigenvalue weighted by molar-refractivity contribution is 6.08. The summed E-state index contributed by atoms with van der Waals surface area (Å²) in [7, 11) is 1.66.